The number of halogens is 1. The molecule has 1 saturated carbocycles. The van der Waals surface area contributed by atoms with Crippen LogP contribution >= 0.6 is 0 Å². The second-order valence-corrected chi connectivity index (χ2v) is 12.3. The quantitative estimate of drug-likeness (QED) is 0.396. The minimum Gasteiger partial charge on any atom is -0.442 e. The van der Waals surface area contributed by atoms with Crippen molar-refractivity contribution < 1.29 is 18.7 Å². The van der Waals surface area contributed by atoms with Crippen LogP contribution in [0, 0.1) is 0 Å². The van der Waals surface area contributed by atoms with Crippen molar-refractivity contribution in [1.82, 2.24) is 24.5 Å². The van der Waals surface area contributed by atoms with Crippen LogP contribution in [0.4, 0.5) is 9.18 Å². The van der Waals surface area contributed by atoms with Crippen molar-refractivity contribution in [2.45, 2.75) is 109 Å². The Kier molecular flexibility index (Phi) is 6.82. The molecule has 1 fully saturated rings. The molecule has 5 rings (SSSR count). The average Bonchev–Trinajstić information content (AvgIpc) is 3.41. The fourth-order valence-electron chi connectivity index (χ4n) is 5.36. The zero-order valence-corrected chi connectivity index (χ0v) is 23.0. The first kappa shape index (κ1) is 26.4. The van der Waals surface area contributed by atoms with Gasteiger partial charge in [-0.2, -0.15) is 14.9 Å². The van der Waals surface area contributed by atoms with Crippen LogP contribution < -0.4 is 0 Å². The molecule has 0 N–H and O–H groups in total. The van der Waals surface area contributed by atoms with Gasteiger partial charge in [-0.05, 0) is 97.3 Å². The summed E-state index contributed by atoms with van der Waals surface area (Å²) in [6.07, 6.45) is 8.33. The highest BCUT2D eigenvalue weighted by Gasteiger charge is 2.40. The molecule has 2 aliphatic rings. The number of amides is 1. The van der Waals surface area contributed by atoms with Crippen LogP contribution in [0.1, 0.15) is 88.3 Å². The molecule has 3 aromatic rings. The Labute approximate surface area is 223 Å². The SMILES string of the molecule is CC(C)(F)CCCn1ncc2c(C(=O)N(C3CC3)C3CCc4nn(C(=O)OC(C)(C)C)cc4C3)cccc21. The van der Waals surface area contributed by atoms with E-state index >= 15 is 0 Å². The summed E-state index contributed by atoms with van der Waals surface area (Å²) in [7, 11) is 0. The van der Waals surface area contributed by atoms with Crippen LogP contribution in [0.15, 0.2) is 30.6 Å². The van der Waals surface area contributed by atoms with E-state index in [0.717, 1.165) is 41.4 Å². The number of benzene rings is 1. The fourth-order valence-corrected chi connectivity index (χ4v) is 5.36. The second kappa shape index (κ2) is 9.82. The maximum Gasteiger partial charge on any atom is 0.435 e. The van der Waals surface area contributed by atoms with Gasteiger partial charge in [0.05, 0.1) is 23.0 Å². The van der Waals surface area contributed by atoms with E-state index in [1.165, 1.54) is 4.68 Å². The van der Waals surface area contributed by atoms with E-state index in [9.17, 15) is 14.0 Å². The Balaban J connectivity index is 1.35. The van der Waals surface area contributed by atoms with E-state index in [2.05, 4.69) is 15.1 Å². The van der Waals surface area contributed by atoms with Gasteiger partial charge < -0.3 is 9.64 Å². The van der Waals surface area contributed by atoms with E-state index in [1.807, 2.05) is 43.7 Å². The lowest BCUT2D eigenvalue weighted by molar-refractivity contribution is 0.0513. The number of alkyl halides is 1. The van der Waals surface area contributed by atoms with Gasteiger partial charge in [-0.3, -0.25) is 9.48 Å². The number of ether oxygens (including phenoxy) is 1. The summed E-state index contributed by atoms with van der Waals surface area (Å²) in [5.74, 6) is 0.0236. The van der Waals surface area contributed by atoms with Gasteiger partial charge in [-0.25, -0.2) is 9.18 Å². The predicted molar refractivity (Wildman–Crippen MR) is 143 cm³/mol. The summed E-state index contributed by atoms with van der Waals surface area (Å²) >= 11 is 0. The molecule has 0 saturated heterocycles. The van der Waals surface area contributed by atoms with Gasteiger partial charge in [-0.1, -0.05) is 6.07 Å². The van der Waals surface area contributed by atoms with Crippen molar-refractivity contribution in [3.63, 3.8) is 0 Å². The molecule has 2 aromatic heterocycles. The van der Waals surface area contributed by atoms with E-state index in [0.29, 0.717) is 37.8 Å². The smallest absolute Gasteiger partial charge is 0.435 e. The van der Waals surface area contributed by atoms with E-state index in [-0.39, 0.29) is 18.0 Å². The number of rotatable bonds is 7. The van der Waals surface area contributed by atoms with Crippen molar-refractivity contribution in [2.24, 2.45) is 0 Å². The van der Waals surface area contributed by atoms with Gasteiger partial charge in [0, 0.05) is 30.2 Å². The maximum atomic E-state index is 14.0. The molecule has 9 heteroatoms. The molecule has 204 valence electrons. The van der Waals surface area contributed by atoms with Crippen molar-refractivity contribution in [1.29, 1.82) is 0 Å². The van der Waals surface area contributed by atoms with Crippen LogP contribution in [0.2, 0.25) is 0 Å². The molecule has 0 spiro atoms. The fraction of sp³-hybridized carbons (Fsp3) is 0.586. The van der Waals surface area contributed by atoms with Gasteiger partial charge in [0.25, 0.3) is 5.91 Å². The van der Waals surface area contributed by atoms with E-state index < -0.39 is 17.4 Å². The van der Waals surface area contributed by atoms with E-state index in [1.54, 1.807) is 26.2 Å². The van der Waals surface area contributed by atoms with Gasteiger partial charge in [0.2, 0.25) is 0 Å². The van der Waals surface area contributed by atoms with Gasteiger partial charge in [-0.15, -0.1) is 0 Å². The Morgan fingerprint density at radius 1 is 1.13 bits per heavy atom. The average molecular weight is 524 g/mol. The van der Waals surface area contributed by atoms with Crippen LogP contribution in [-0.2, 0) is 24.1 Å². The molecule has 0 radical (unpaired) electrons. The van der Waals surface area contributed by atoms with Crippen molar-refractivity contribution in [3.8, 4) is 0 Å². The lowest BCUT2D eigenvalue weighted by Gasteiger charge is -2.34. The molecule has 1 unspecified atom stereocenters. The third-order valence-electron chi connectivity index (χ3n) is 7.25. The normalized spacial score (nSPS) is 17.9. The molecule has 2 heterocycles. The molecule has 1 amide bonds. The summed E-state index contributed by atoms with van der Waals surface area (Å²) in [5.41, 5.74) is 1.63. The Hall–Kier alpha value is -3.23. The summed E-state index contributed by atoms with van der Waals surface area (Å²) in [6.45, 7) is 9.28. The van der Waals surface area contributed by atoms with Gasteiger partial charge in [0.1, 0.15) is 11.3 Å². The summed E-state index contributed by atoms with van der Waals surface area (Å²) < 4.78 is 22.6. The molecule has 0 bridgehead atoms. The molecule has 38 heavy (non-hydrogen) atoms. The lowest BCUT2D eigenvalue weighted by Crippen LogP contribution is -2.44. The Morgan fingerprint density at radius 3 is 2.58 bits per heavy atom. The number of carbonyl (C=O) groups is 2. The van der Waals surface area contributed by atoms with Crippen LogP contribution in [0.3, 0.4) is 0 Å². The number of carbonyl (C=O) groups excluding carboxylic acids is 2. The number of aromatic nitrogens is 4. The van der Waals surface area contributed by atoms with Crippen molar-refractivity contribution in [2.75, 3.05) is 0 Å². The highest BCUT2D eigenvalue weighted by atomic mass is 19.1. The first-order valence-electron chi connectivity index (χ1n) is 13.7. The van der Waals surface area contributed by atoms with Crippen LogP contribution in [0.5, 0.6) is 0 Å². The molecule has 2 aliphatic carbocycles. The second-order valence-electron chi connectivity index (χ2n) is 12.3. The molecule has 8 nitrogen and oxygen atoms in total. The number of hydrogen-bond acceptors (Lipinski definition) is 5. The number of aryl methyl sites for hydroxylation is 2. The summed E-state index contributed by atoms with van der Waals surface area (Å²) in [4.78, 5) is 28.6. The molecular weight excluding hydrogens is 485 g/mol. The number of fused-ring (bicyclic) bond motifs is 2. The van der Waals surface area contributed by atoms with Crippen molar-refractivity contribution in [3.05, 3.63) is 47.4 Å². The third kappa shape index (κ3) is 5.76. The third-order valence-corrected chi connectivity index (χ3v) is 7.25. The zero-order chi connectivity index (χ0) is 27.2. The number of hydrogen-bond donors (Lipinski definition) is 0. The molecule has 1 atom stereocenters. The highest BCUT2D eigenvalue weighted by molar-refractivity contribution is 6.06. The monoisotopic (exact) mass is 523 g/mol. The van der Waals surface area contributed by atoms with Gasteiger partial charge in [0.15, 0.2) is 0 Å². The zero-order valence-electron chi connectivity index (χ0n) is 23.0. The first-order chi connectivity index (χ1) is 17.9. The Bertz CT molecular complexity index is 1340. The standard InChI is InChI=1S/C29H38FN5O3/c1-28(2,3)38-27(37)34-18-19-16-21(12-13-24(19)32-34)35(20-10-11-20)26(36)22-8-6-9-25-23(22)17-31-33(25)15-7-14-29(4,5)30/h6,8-9,17-18,20-21H,7,10-16H2,1-5H3. The van der Waals surface area contributed by atoms with Crippen LogP contribution in [0.25, 0.3) is 10.9 Å². The predicted octanol–water partition coefficient (Wildman–Crippen LogP) is 5.71. The molecular formula is C29H38FN5O3. The molecule has 0 aliphatic heterocycles. The highest BCUT2D eigenvalue weighted by Crippen LogP contribution is 2.36. The topological polar surface area (TPSA) is 82.3 Å². The maximum absolute atomic E-state index is 14.0. The van der Waals surface area contributed by atoms with Crippen molar-refractivity contribution >= 4 is 22.9 Å². The van der Waals surface area contributed by atoms with Gasteiger partial charge >= 0.3 is 6.09 Å². The Morgan fingerprint density at radius 2 is 1.89 bits per heavy atom. The molecule has 1 aromatic carbocycles. The summed E-state index contributed by atoms with van der Waals surface area (Å²) in [6, 6.07) is 6.02. The van der Waals surface area contributed by atoms with E-state index in [4.69, 9.17) is 4.74 Å². The minimum atomic E-state index is -1.21. The lowest BCUT2D eigenvalue weighted by atomic mass is 9.91. The van der Waals surface area contributed by atoms with Crippen LogP contribution in [-0.4, -0.2) is 59.8 Å². The largest absolute Gasteiger partial charge is 0.442 e. The summed E-state index contributed by atoms with van der Waals surface area (Å²) in [5, 5.41) is 9.84. The number of nitrogens with zero attached hydrogens (tertiary/aromatic N) is 5. The minimum absolute atomic E-state index is 0.0236. The first-order valence-corrected chi connectivity index (χ1v) is 13.7.